The van der Waals surface area contributed by atoms with Gasteiger partial charge in [0.1, 0.15) is 16.8 Å². The van der Waals surface area contributed by atoms with Crippen LogP contribution in [0.2, 0.25) is 0 Å². The molecule has 0 amide bonds. The van der Waals surface area contributed by atoms with Gasteiger partial charge in [-0.2, -0.15) is 0 Å². The molecule has 7 heteroatoms. The normalized spacial score (nSPS) is 18.4. The third-order valence-electron chi connectivity index (χ3n) is 6.09. The number of fused-ring (bicyclic) bond motifs is 5. The Morgan fingerprint density at radius 2 is 1.93 bits per heavy atom. The molecule has 4 heterocycles. The van der Waals surface area contributed by atoms with Crippen LogP contribution < -0.4 is 15.2 Å². The van der Waals surface area contributed by atoms with E-state index in [1.807, 2.05) is 6.92 Å². The average Bonchev–Trinajstić information content (AvgIpc) is 3.13. The summed E-state index contributed by atoms with van der Waals surface area (Å²) in [5.74, 6) is 2.17. The van der Waals surface area contributed by atoms with Gasteiger partial charge in [0.2, 0.25) is 0 Å². The molecular weight excluding hydrogens is 370 g/mol. The minimum Gasteiger partial charge on any atom is -0.394 e. The summed E-state index contributed by atoms with van der Waals surface area (Å²) in [5.41, 5.74) is 4.05. The predicted molar refractivity (Wildman–Crippen MR) is 114 cm³/mol. The number of hydrogen-bond donors (Lipinski definition) is 2. The van der Waals surface area contributed by atoms with Crippen LogP contribution >= 0.6 is 11.3 Å². The van der Waals surface area contributed by atoms with Gasteiger partial charge in [0.05, 0.1) is 30.6 Å². The zero-order chi connectivity index (χ0) is 19.1. The maximum Gasteiger partial charge on any atom is 0.278 e. The topological polar surface area (TPSA) is 75.4 Å². The number of aliphatic hydroxyl groups is 1. The first kappa shape index (κ1) is 18.1. The van der Waals surface area contributed by atoms with Crippen molar-refractivity contribution in [1.29, 1.82) is 0 Å². The Morgan fingerprint density at radius 3 is 2.71 bits per heavy atom. The molecule has 28 heavy (non-hydrogen) atoms. The van der Waals surface area contributed by atoms with Crippen molar-refractivity contribution in [3.63, 3.8) is 0 Å². The Hall–Kier alpha value is -1.99. The number of H-pyrrole nitrogens is 1. The van der Waals surface area contributed by atoms with Gasteiger partial charge in [0.15, 0.2) is 4.83 Å². The van der Waals surface area contributed by atoms with E-state index in [0.29, 0.717) is 0 Å². The van der Waals surface area contributed by atoms with E-state index < -0.39 is 0 Å². The molecule has 5 rings (SSSR count). The summed E-state index contributed by atoms with van der Waals surface area (Å²) >= 11 is 1.74. The molecule has 3 aromatic rings. The number of pyridine rings is 1. The third kappa shape index (κ3) is 3.01. The molecule has 1 fully saturated rings. The van der Waals surface area contributed by atoms with Crippen LogP contribution in [0.25, 0.3) is 20.4 Å². The highest BCUT2D eigenvalue weighted by Crippen LogP contribution is 2.41. The molecule has 3 aromatic heterocycles. The van der Waals surface area contributed by atoms with E-state index in [-0.39, 0.29) is 12.6 Å². The van der Waals surface area contributed by atoms with Crippen LogP contribution in [0.4, 0.5) is 11.6 Å². The summed E-state index contributed by atoms with van der Waals surface area (Å²) in [6.07, 6.45) is 10.4. The van der Waals surface area contributed by atoms with Gasteiger partial charge in [-0.15, -0.1) is 0 Å². The maximum atomic E-state index is 9.43. The Balaban J connectivity index is 1.72. The van der Waals surface area contributed by atoms with Crippen molar-refractivity contribution in [2.24, 2.45) is 0 Å². The summed E-state index contributed by atoms with van der Waals surface area (Å²) in [7, 11) is 0. The van der Waals surface area contributed by atoms with Gasteiger partial charge < -0.3 is 10.4 Å². The van der Waals surface area contributed by atoms with Crippen LogP contribution in [0.3, 0.4) is 0 Å². The lowest BCUT2D eigenvalue weighted by Gasteiger charge is -2.25. The van der Waals surface area contributed by atoms with Crippen molar-refractivity contribution in [2.75, 3.05) is 29.9 Å². The first-order chi connectivity index (χ1) is 13.8. The van der Waals surface area contributed by atoms with Gasteiger partial charge in [0, 0.05) is 11.6 Å². The highest BCUT2D eigenvalue weighted by atomic mass is 32.1. The van der Waals surface area contributed by atoms with Crippen molar-refractivity contribution in [2.45, 2.75) is 57.9 Å². The Morgan fingerprint density at radius 1 is 1.14 bits per heavy atom. The van der Waals surface area contributed by atoms with E-state index in [2.05, 4.69) is 25.2 Å². The van der Waals surface area contributed by atoms with Crippen LogP contribution in [0.15, 0.2) is 6.33 Å². The van der Waals surface area contributed by atoms with Crippen LogP contribution in [-0.4, -0.2) is 40.8 Å². The lowest BCUT2D eigenvalue weighted by Crippen LogP contribution is -2.36. The average molecular weight is 399 g/mol. The first-order valence-electron chi connectivity index (χ1n) is 10.5. The van der Waals surface area contributed by atoms with Gasteiger partial charge >= 0.3 is 0 Å². The lowest BCUT2D eigenvalue weighted by atomic mass is 9.89. The van der Waals surface area contributed by atoms with Crippen molar-refractivity contribution in [3.8, 4) is 0 Å². The number of piperidine rings is 1. The number of hydrogen-bond acceptors (Lipinski definition) is 6. The van der Waals surface area contributed by atoms with E-state index in [1.54, 1.807) is 17.7 Å². The number of aromatic amines is 1. The highest BCUT2D eigenvalue weighted by molar-refractivity contribution is 7.25. The maximum absolute atomic E-state index is 9.43. The molecule has 2 aliphatic rings. The van der Waals surface area contributed by atoms with Crippen LogP contribution in [0.5, 0.6) is 0 Å². The zero-order valence-electron chi connectivity index (χ0n) is 16.4. The third-order valence-corrected chi connectivity index (χ3v) is 7.19. The highest BCUT2D eigenvalue weighted by Gasteiger charge is 2.30. The van der Waals surface area contributed by atoms with Gasteiger partial charge in [-0.05, 0) is 57.4 Å². The molecule has 0 radical (unpaired) electrons. The molecule has 0 aromatic carbocycles. The second-order valence-corrected chi connectivity index (χ2v) is 9.14. The quantitative estimate of drug-likeness (QED) is 0.705. The summed E-state index contributed by atoms with van der Waals surface area (Å²) in [4.78, 5) is 16.7. The number of aromatic nitrogens is 3. The van der Waals surface area contributed by atoms with Gasteiger partial charge in [-0.25, -0.2) is 15.0 Å². The largest absolute Gasteiger partial charge is 0.394 e. The fourth-order valence-corrected chi connectivity index (χ4v) is 5.81. The summed E-state index contributed by atoms with van der Waals surface area (Å²) < 4.78 is 1.08. The number of thiophene rings is 1. The number of nitrogens with one attached hydrogen (secondary N) is 2. The molecule has 3 N–H and O–H groups in total. The molecular formula is C21H28N5OS+. The summed E-state index contributed by atoms with van der Waals surface area (Å²) in [6, 6.07) is -0.0369. The molecule has 0 unspecified atom stereocenters. The molecule has 1 aliphatic heterocycles. The van der Waals surface area contributed by atoms with Crippen LogP contribution in [-0.2, 0) is 12.8 Å². The summed E-state index contributed by atoms with van der Waals surface area (Å²) in [6.45, 7) is 4.35. The number of aliphatic hydroxyl groups excluding tert-OH is 1. The summed E-state index contributed by atoms with van der Waals surface area (Å²) in [5, 5.41) is 14.1. The number of anilines is 2. The smallest absolute Gasteiger partial charge is 0.278 e. The molecule has 1 atom stereocenters. The minimum absolute atomic E-state index is 0.0369. The van der Waals surface area contributed by atoms with Crippen molar-refractivity contribution < 1.29 is 10.1 Å². The second kappa shape index (κ2) is 7.44. The van der Waals surface area contributed by atoms with Crippen molar-refractivity contribution >= 4 is 43.4 Å². The van der Waals surface area contributed by atoms with Crippen LogP contribution in [0.1, 0.15) is 50.2 Å². The number of rotatable bonds is 4. The van der Waals surface area contributed by atoms with Gasteiger partial charge in [0.25, 0.3) is 5.82 Å². The molecule has 0 saturated carbocycles. The molecule has 0 bridgehead atoms. The molecule has 6 nitrogen and oxygen atoms in total. The SMILES string of the molecule is C[C@@H](CO)Nc1ncnc2c1sc1[nH+]c(N3CCCCC3)c3c(c12)CCCC3. The van der Waals surface area contributed by atoms with E-state index in [1.165, 1.54) is 59.3 Å². The van der Waals surface area contributed by atoms with Gasteiger partial charge in [-0.1, -0.05) is 11.3 Å². The van der Waals surface area contributed by atoms with E-state index >= 15 is 0 Å². The second-order valence-electron chi connectivity index (χ2n) is 8.12. The lowest BCUT2D eigenvalue weighted by molar-refractivity contribution is -0.328. The van der Waals surface area contributed by atoms with Crippen LogP contribution in [0, 0.1) is 0 Å². The minimum atomic E-state index is -0.0369. The monoisotopic (exact) mass is 398 g/mol. The first-order valence-corrected chi connectivity index (χ1v) is 11.3. The van der Waals surface area contributed by atoms with Crippen molar-refractivity contribution in [3.05, 3.63) is 17.5 Å². The van der Waals surface area contributed by atoms with E-state index in [9.17, 15) is 5.11 Å². The fourth-order valence-electron chi connectivity index (χ4n) is 4.67. The standard InChI is InChI=1S/C21H27N5OS/c1-13(11-27)24-19-18-17(22-12-23-19)16-14-7-3-4-8-15(14)20(25-21(16)28-18)26-9-5-2-6-10-26/h12-13,27H,2-11H2,1H3,(H,22,23,24)/p+1/t13-/m0/s1. The van der Waals surface area contributed by atoms with Gasteiger partial charge in [-0.3, -0.25) is 4.90 Å². The molecule has 1 saturated heterocycles. The fraction of sp³-hybridized carbons (Fsp3) is 0.571. The van der Waals surface area contributed by atoms with E-state index in [4.69, 9.17) is 0 Å². The van der Waals surface area contributed by atoms with Crippen molar-refractivity contribution in [1.82, 2.24) is 9.97 Å². The number of aryl methyl sites for hydroxylation is 1. The molecule has 0 spiro atoms. The molecule has 1 aliphatic carbocycles. The zero-order valence-corrected chi connectivity index (χ0v) is 17.2. The van der Waals surface area contributed by atoms with E-state index in [0.717, 1.165) is 42.0 Å². The Labute approximate surface area is 169 Å². The molecule has 148 valence electrons. The Kier molecular flexibility index (Phi) is 4.80. The number of nitrogens with zero attached hydrogens (tertiary/aromatic N) is 3. The Bertz CT molecular complexity index is 1010. The predicted octanol–water partition coefficient (Wildman–Crippen LogP) is 3.32.